The number of hydrogen-bond acceptors (Lipinski definition) is 2. The van der Waals surface area contributed by atoms with E-state index in [0.29, 0.717) is 6.54 Å². The van der Waals surface area contributed by atoms with Gasteiger partial charge in [0.05, 0.1) is 6.04 Å². The summed E-state index contributed by atoms with van der Waals surface area (Å²) in [6, 6.07) is 6.30. The number of fused-ring (bicyclic) bond motifs is 3. The lowest BCUT2D eigenvalue weighted by atomic mass is 10.00. The molecule has 2 heterocycles. The Hall–Kier alpha value is -0.840. The van der Waals surface area contributed by atoms with Gasteiger partial charge in [-0.05, 0) is 37.1 Å². The number of halogens is 1. The largest absolute Gasteiger partial charge is 0.357 e. The van der Waals surface area contributed by atoms with E-state index in [2.05, 4.69) is 33.0 Å². The SMILES string of the molecule is CC1c2[nH]c3ccc(Br)cc3c2CCN1O. The normalized spacial score (nSPS) is 21.3. The summed E-state index contributed by atoms with van der Waals surface area (Å²) in [5.74, 6) is 0. The van der Waals surface area contributed by atoms with E-state index in [-0.39, 0.29) is 6.04 Å². The highest BCUT2D eigenvalue weighted by Gasteiger charge is 2.25. The second-order valence-corrected chi connectivity index (χ2v) is 5.21. The van der Waals surface area contributed by atoms with Crippen LogP contribution in [0.25, 0.3) is 10.9 Å². The summed E-state index contributed by atoms with van der Waals surface area (Å²) in [7, 11) is 0. The number of rotatable bonds is 0. The first-order chi connectivity index (χ1) is 7.66. The third-order valence-electron chi connectivity index (χ3n) is 3.36. The molecule has 0 fully saturated rings. The average molecular weight is 281 g/mol. The van der Waals surface area contributed by atoms with Crippen LogP contribution in [0, 0.1) is 0 Å². The summed E-state index contributed by atoms with van der Waals surface area (Å²) in [5, 5.41) is 12.4. The van der Waals surface area contributed by atoms with Crippen molar-refractivity contribution in [2.24, 2.45) is 0 Å². The Bertz CT molecular complexity index is 549. The van der Waals surface area contributed by atoms with Gasteiger partial charge in [0.1, 0.15) is 0 Å². The fraction of sp³-hybridized carbons (Fsp3) is 0.333. The van der Waals surface area contributed by atoms with Gasteiger partial charge >= 0.3 is 0 Å². The van der Waals surface area contributed by atoms with Crippen LogP contribution in [0.5, 0.6) is 0 Å². The molecule has 1 unspecified atom stereocenters. The number of hydroxylamine groups is 2. The van der Waals surface area contributed by atoms with Gasteiger partial charge in [0.2, 0.25) is 0 Å². The van der Waals surface area contributed by atoms with E-state index in [1.54, 1.807) is 0 Å². The second kappa shape index (κ2) is 3.58. The monoisotopic (exact) mass is 280 g/mol. The smallest absolute Gasteiger partial charge is 0.0724 e. The Balaban J connectivity index is 2.26. The molecule has 3 nitrogen and oxygen atoms in total. The maximum absolute atomic E-state index is 9.71. The molecule has 0 amide bonds. The zero-order valence-corrected chi connectivity index (χ0v) is 10.6. The lowest BCUT2D eigenvalue weighted by molar-refractivity contribution is -0.128. The van der Waals surface area contributed by atoms with Crippen LogP contribution in [-0.2, 0) is 6.42 Å². The minimum absolute atomic E-state index is 0.0509. The molecule has 2 aromatic rings. The number of H-pyrrole nitrogens is 1. The van der Waals surface area contributed by atoms with Crippen LogP contribution in [0.2, 0.25) is 0 Å². The molecule has 1 aromatic heterocycles. The van der Waals surface area contributed by atoms with Crippen molar-refractivity contribution in [3.8, 4) is 0 Å². The molecule has 0 spiro atoms. The quantitative estimate of drug-likeness (QED) is 0.778. The number of nitrogens with one attached hydrogen (secondary N) is 1. The standard InChI is InChI=1S/C12H13BrN2O/c1-7-12-9(4-5-15(7)16)10-6-8(13)2-3-11(10)14-12/h2-3,6-7,14,16H,4-5H2,1H3. The summed E-state index contributed by atoms with van der Waals surface area (Å²) in [5.41, 5.74) is 3.63. The Labute approximate surface area is 102 Å². The van der Waals surface area contributed by atoms with E-state index in [4.69, 9.17) is 0 Å². The van der Waals surface area contributed by atoms with Crippen molar-refractivity contribution in [2.75, 3.05) is 6.54 Å². The minimum atomic E-state index is 0.0509. The first kappa shape index (κ1) is 10.3. The van der Waals surface area contributed by atoms with Crippen molar-refractivity contribution in [3.05, 3.63) is 33.9 Å². The van der Waals surface area contributed by atoms with Gasteiger partial charge in [-0.2, -0.15) is 5.06 Å². The molecule has 0 saturated heterocycles. The molecule has 84 valence electrons. The van der Waals surface area contributed by atoms with Gasteiger partial charge in [-0.15, -0.1) is 0 Å². The van der Waals surface area contributed by atoms with Crippen molar-refractivity contribution in [2.45, 2.75) is 19.4 Å². The van der Waals surface area contributed by atoms with Gasteiger partial charge in [0.15, 0.2) is 0 Å². The maximum Gasteiger partial charge on any atom is 0.0724 e. The second-order valence-electron chi connectivity index (χ2n) is 4.30. The van der Waals surface area contributed by atoms with Crippen LogP contribution < -0.4 is 0 Å². The molecule has 0 saturated carbocycles. The zero-order valence-electron chi connectivity index (χ0n) is 9.00. The summed E-state index contributed by atoms with van der Waals surface area (Å²) in [6.45, 7) is 2.72. The molecule has 0 aliphatic carbocycles. The summed E-state index contributed by atoms with van der Waals surface area (Å²) in [6.07, 6.45) is 0.895. The summed E-state index contributed by atoms with van der Waals surface area (Å²) < 4.78 is 1.10. The van der Waals surface area contributed by atoms with Crippen LogP contribution in [0.15, 0.2) is 22.7 Å². The van der Waals surface area contributed by atoms with Crippen molar-refractivity contribution in [1.82, 2.24) is 10.0 Å². The highest BCUT2D eigenvalue weighted by atomic mass is 79.9. The summed E-state index contributed by atoms with van der Waals surface area (Å²) in [4.78, 5) is 3.40. The van der Waals surface area contributed by atoms with E-state index in [0.717, 1.165) is 22.1 Å². The Kier molecular flexibility index (Phi) is 2.31. The molecule has 1 atom stereocenters. The van der Waals surface area contributed by atoms with Crippen LogP contribution in [0.1, 0.15) is 24.2 Å². The van der Waals surface area contributed by atoms with E-state index in [9.17, 15) is 5.21 Å². The number of aromatic amines is 1. The van der Waals surface area contributed by atoms with Crippen LogP contribution in [0.4, 0.5) is 0 Å². The van der Waals surface area contributed by atoms with Gasteiger partial charge in [-0.25, -0.2) is 0 Å². The molecule has 0 bridgehead atoms. The fourth-order valence-corrected chi connectivity index (χ4v) is 2.80. The topological polar surface area (TPSA) is 39.3 Å². The predicted octanol–water partition coefficient (Wildman–Crippen LogP) is 3.24. The highest BCUT2D eigenvalue weighted by Crippen LogP contribution is 2.34. The molecule has 1 aliphatic heterocycles. The van der Waals surface area contributed by atoms with Crippen molar-refractivity contribution < 1.29 is 5.21 Å². The maximum atomic E-state index is 9.71. The van der Waals surface area contributed by atoms with Gasteiger partial charge in [0, 0.05) is 27.6 Å². The van der Waals surface area contributed by atoms with Crippen molar-refractivity contribution in [3.63, 3.8) is 0 Å². The average Bonchev–Trinajstić information content (AvgIpc) is 2.62. The molecule has 4 heteroatoms. The van der Waals surface area contributed by atoms with Gasteiger partial charge < -0.3 is 10.2 Å². The van der Waals surface area contributed by atoms with E-state index >= 15 is 0 Å². The van der Waals surface area contributed by atoms with Crippen LogP contribution >= 0.6 is 15.9 Å². The number of nitrogens with zero attached hydrogens (tertiary/aromatic N) is 1. The van der Waals surface area contributed by atoms with E-state index in [1.807, 2.05) is 13.0 Å². The van der Waals surface area contributed by atoms with Crippen LogP contribution in [-0.4, -0.2) is 21.8 Å². The molecule has 1 aromatic carbocycles. The minimum Gasteiger partial charge on any atom is -0.357 e. The first-order valence-electron chi connectivity index (χ1n) is 5.42. The predicted molar refractivity (Wildman–Crippen MR) is 66.6 cm³/mol. The van der Waals surface area contributed by atoms with Gasteiger partial charge in [0.25, 0.3) is 0 Å². The molecule has 3 rings (SSSR count). The third-order valence-corrected chi connectivity index (χ3v) is 3.85. The van der Waals surface area contributed by atoms with Crippen molar-refractivity contribution in [1.29, 1.82) is 0 Å². The van der Waals surface area contributed by atoms with Crippen molar-refractivity contribution >= 4 is 26.8 Å². The molecule has 2 N–H and O–H groups in total. The number of aromatic nitrogens is 1. The lowest BCUT2D eigenvalue weighted by Crippen LogP contribution is -2.30. The van der Waals surface area contributed by atoms with Crippen LogP contribution in [0.3, 0.4) is 0 Å². The first-order valence-corrected chi connectivity index (χ1v) is 6.21. The molecular weight excluding hydrogens is 268 g/mol. The fourth-order valence-electron chi connectivity index (χ4n) is 2.44. The Morgan fingerprint density at radius 3 is 3.12 bits per heavy atom. The summed E-state index contributed by atoms with van der Waals surface area (Å²) >= 11 is 3.50. The Morgan fingerprint density at radius 2 is 2.31 bits per heavy atom. The Morgan fingerprint density at radius 1 is 1.50 bits per heavy atom. The molecule has 1 aliphatic rings. The number of benzene rings is 1. The lowest BCUT2D eigenvalue weighted by Gasteiger charge is -2.27. The van der Waals surface area contributed by atoms with E-state index < -0.39 is 0 Å². The number of hydrogen-bond donors (Lipinski definition) is 2. The zero-order chi connectivity index (χ0) is 11.3. The van der Waals surface area contributed by atoms with Gasteiger partial charge in [-0.3, -0.25) is 0 Å². The molecule has 0 radical (unpaired) electrons. The highest BCUT2D eigenvalue weighted by molar-refractivity contribution is 9.10. The molecule has 16 heavy (non-hydrogen) atoms. The van der Waals surface area contributed by atoms with Gasteiger partial charge in [-0.1, -0.05) is 15.9 Å². The molecular formula is C12H13BrN2O. The van der Waals surface area contributed by atoms with E-state index in [1.165, 1.54) is 16.0 Å². The third kappa shape index (κ3) is 1.41.